The summed E-state index contributed by atoms with van der Waals surface area (Å²) in [7, 11) is 0. The number of aryl methyl sites for hydroxylation is 1. The van der Waals surface area contributed by atoms with Gasteiger partial charge in [-0.2, -0.15) is 0 Å². The smallest absolute Gasteiger partial charge is 0.163 e. The van der Waals surface area contributed by atoms with Crippen LogP contribution >= 0.6 is 0 Å². The second-order valence-electron chi connectivity index (χ2n) is 5.96. The number of Topliss-reactive ketones (excluding diaryl/α,β-unsaturated/α-hetero) is 1. The number of aliphatic hydroxyl groups excluding tert-OH is 1. The molecule has 1 N–H and O–H groups in total. The highest BCUT2D eigenvalue weighted by Gasteiger charge is 2.24. The van der Waals surface area contributed by atoms with Crippen LogP contribution < -0.4 is 4.74 Å². The molecule has 3 rings (SSSR count). The Morgan fingerprint density at radius 2 is 1.90 bits per heavy atom. The topological polar surface area (TPSA) is 46.5 Å². The second kappa shape index (κ2) is 5.96. The van der Waals surface area contributed by atoms with Gasteiger partial charge in [-0.05, 0) is 55.9 Å². The summed E-state index contributed by atoms with van der Waals surface area (Å²) in [5.41, 5.74) is 1.95. The minimum atomic E-state index is -0.366. The molecule has 20 heavy (non-hydrogen) atoms. The zero-order valence-corrected chi connectivity index (χ0v) is 11.8. The molecular formula is C17H22O3. The van der Waals surface area contributed by atoms with E-state index in [4.69, 9.17) is 4.74 Å². The lowest BCUT2D eigenvalue weighted by atomic mass is 9.90. The van der Waals surface area contributed by atoms with Crippen molar-refractivity contribution in [1.29, 1.82) is 0 Å². The van der Waals surface area contributed by atoms with Gasteiger partial charge in [0, 0.05) is 12.0 Å². The molecule has 3 nitrogen and oxygen atoms in total. The van der Waals surface area contributed by atoms with Crippen LogP contribution in [0, 0.1) is 0 Å². The molecule has 1 fully saturated rings. The first kappa shape index (κ1) is 13.6. The standard InChI is InChI=1S/C17H22O3/c18-15-7-4-5-12-11-13(9-10-14(12)15)20-17-8-3-1-2-6-16(17)19/h9-11,16-17,19H,1-8H2. The molecule has 1 aromatic rings. The van der Waals surface area contributed by atoms with Crippen molar-refractivity contribution in [2.75, 3.05) is 0 Å². The van der Waals surface area contributed by atoms with E-state index in [1.807, 2.05) is 18.2 Å². The molecular weight excluding hydrogens is 252 g/mol. The summed E-state index contributed by atoms with van der Waals surface area (Å²) in [6.07, 6.45) is 7.19. The summed E-state index contributed by atoms with van der Waals surface area (Å²) in [5.74, 6) is 1.04. The number of ether oxygens (including phenoxy) is 1. The van der Waals surface area contributed by atoms with Gasteiger partial charge in [0.1, 0.15) is 11.9 Å². The summed E-state index contributed by atoms with van der Waals surface area (Å²) in [5, 5.41) is 10.1. The van der Waals surface area contributed by atoms with Gasteiger partial charge in [0.25, 0.3) is 0 Å². The largest absolute Gasteiger partial charge is 0.488 e. The Morgan fingerprint density at radius 1 is 1.05 bits per heavy atom. The molecule has 0 saturated heterocycles. The third-order valence-corrected chi connectivity index (χ3v) is 4.43. The molecule has 0 radical (unpaired) electrons. The highest BCUT2D eigenvalue weighted by molar-refractivity contribution is 5.98. The molecule has 2 aliphatic carbocycles. The number of aliphatic hydroxyl groups is 1. The van der Waals surface area contributed by atoms with Crippen LogP contribution in [0.2, 0.25) is 0 Å². The monoisotopic (exact) mass is 274 g/mol. The number of carbonyl (C=O) groups is 1. The van der Waals surface area contributed by atoms with Crippen molar-refractivity contribution < 1.29 is 14.6 Å². The van der Waals surface area contributed by atoms with Crippen molar-refractivity contribution in [1.82, 2.24) is 0 Å². The molecule has 0 spiro atoms. The number of ketones is 1. The van der Waals surface area contributed by atoms with Gasteiger partial charge in [0.2, 0.25) is 0 Å². The van der Waals surface area contributed by atoms with E-state index in [-0.39, 0.29) is 18.0 Å². The molecule has 0 heterocycles. The normalized spacial score (nSPS) is 26.8. The van der Waals surface area contributed by atoms with Crippen LogP contribution in [0.25, 0.3) is 0 Å². The van der Waals surface area contributed by atoms with Crippen LogP contribution in [0.5, 0.6) is 5.75 Å². The summed E-state index contributed by atoms with van der Waals surface area (Å²) < 4.78 is 5.99. The van der Waals surface area contributed by atoms with Gasteiger partial charge in [-0.3, -0.25) is 4.79 Å². The number of fused-ring (bicyclic) bond motifs is 1. The van der Waals surface area contributed by atoms with Crippen LogP contribution in [0.4, 0.5) is 0 Å². The van der Waals surface area contributed by atoms with Gasteiger partial charge in [-0.1, -0.05) is 12.8 Å². The quantitative estimate of drug-likeness (QED) is 0.842. The lowest BCUT2D eigenvalue weighted by Gasteiger charge is -2.23. The van der Waals surface area contributed by atoms with E-state index in [0.717, 1.165) is 55.4 Å². The Morgan fingerprint density at radius 3 is 2.80 bits per heavy atom. The maximum atomic E-state index is 11.8. The van der Waals surface area contributed by atoms with Crippen molar-refractivity contribution in [2.45, 2.75) is 63.6 Å². The molecule has 3 heteroatoms. The zero-order valence-electron chi connectivity index (χ0n) is 11.8. The summed E-state index contributed by atoms with van der Waals surface area (Å²) in [4.78, 5) is 11.8. The summed E-state index contributed by atoms with van der Waals surface area (Å²) in [6.45, 7) is 0. The average molecular weight is 274 g/mol. The van der Waals surface area contributed by atoms with E-state index >= 15 is 0 Å². The van der Waals surface area contributed by atoms with Crippen molar-refractivity contribution in [2.24, 2.45) is 0 Å². The van der Waals surface area contributed by atoms with Crippen LogP contribution in [-0.4, -0.2) is 23.1 Å². The number of carbonyl (C=O) groups excluding carboxylic acids is 1. The fraction of sp³-hybridized carbons (Fsp3) is 0.588. The molecule has 2 aliphatic rings. The molecule has 2 unspecified atom stereocenters. The maximum absolute atomic E-state index is 11.8. The first-order chi connectivity index (χ1) is 9.74. The Labute approximate surface area is 120 Å². The van der Waals surface area contributed by atoms with Crippen molar-refractivity contribution in [3.8, 4) is 5.75 Å². The molecule has 0 amide bonds. The van der Waals surface area contributed by atoms with E-state index in [1.54, 1.807) is 0 Å². The van der Waals surface area contributed by atoms with Crippen LogP contribution in [0.3, 0.4) is 0 Å². The minimum Gasteiger partial charge on any atom is -0.488 e. The Kier molecular flexibility index (Phi) is 4.06. The predicted molar refractivity (Wildman–Crippen MR) is 77.2 cm³/mol. The Hall–Kier alpha value is -1.35. The summed E-state index contributed by atoms with van der Waals surface area (Å²) >= 11 is 0. The molecule has 1 aromatic carbocycles. The van der Waals surface area contributed by atoms with E-state index in [0.29, 0.717) is 6.42 Å². The SMILES string of the molecule is O=C1CCCc2cc(OC3CCCCCC3O)ccc21. The van der Waals surface area contributed by atoms with E-state index in [1.165, 1.54) is 6.42 Å². The van der Waals surface area contributed by atoms with Crippen LogP contribution in [-0.2, 0) is 6.42 Å². The van der Waals surface area contributed by atoms with Gasteiger partial charge in [0.15, 0.2) is 5.78 Å². The second-order valence-corrected chi connectivity index (χ2v) is 5.96. The molecule has 1 saturated carbocycles. The molecule has 0 aromatic heterocycles. The highest BCUT2D eigenvalue weighted by Crippen LogP contribution is 2.28. The van der Waals surface area contributed by atoms with Crippen LogP contribution in [0.1, 0.15) is 60.9 Å². The maximum Gasteiger partial charge on any atom is 0.163 e. The Bertz CT molecular complexity index is 495. The minimum absolute atomic E-state index is 0.102. The van der Waals surface area contributed by atoms with Crippen molar-refractivity contribution in [3.63, 3.8) is 0 Å². The van der Waals surface area contributed by atoms with Gasteiger partial charge in [0.05, 0.1) is 6.10 Å². The first-order valence-electron chi connectivity index (χ1n) is 7.75. The molecule has 0 bridgehead atoms. The van der Waals surface area contributed by atoms with Crippen molar-refractivity contribution in [3.05, 3.63) is 29.3 Å². The third kappa shape index (κ3) is 2.88. The third-order valence-electron chi connectivity index (χ3n) is 4.43. The average Bonchev–Trinajstić information content (AvgIpc) is 2.64. The van der Waals surface area contributed by atoms with Crippen molar-refractivity contribution >= 4 is 5.78 Å². The first-order valence-corrected chi connectivity index (χ1v) is 7.75. The van der Waals surface area contributed by atoms with E-state index in [2.05, 4.69) is 0 Å². The fourth-order valence-electron chi connectivity index (χ4n) is 3.26. The molecule has 0 aliphatic heterocycles. The lowest BCUT2D eigenvalue weighted by molar-refractivity contribution is 0.0319. The molecule has 2 atom stereocenters. The predicted octanol–water partition coefficient (Wildman–Crippen LogP) is 3.28. The number of rotatable bonds is 2. The number of benzene rings is 1. The molecule has 108 valence electrons. The Balaban J connectivity index is 1.75. The summed E-state index contributed by atoms with van der Waals surface area (Å²) in [6, 6.07) is 5.75. The van der Waals surface area contributed by atoms with Gasteiger partial charge < -0.3 is 9.84 Å². The van der Waals surface area contributed by atoms with Gasteiger partial charge >= 0.3 is 0 Å². The number of hydrogen-bond acceptors (Lipinski definition) is 3. The number of hydrogen-bond donors (Lipinski definition) is 1. The van der Waals surface area contributed by atoms with Gasteiger partial charge in [-0.25, -0.2) is 0 Å². The van der Waals surface area contributed by atoms with Gasteiger partial charge in [-0.15, -0.1) is 0 Å². The van der Waals surface area contributed by atoms with E-state index < -0.39 is 0 Å². The highest BCUT2D eigenvalue weighted by atomic mass is 16.5. The van der Waals surface area contributed by atoms with Crippen LogP contribution in [0.15, 0.2) is 18.2 Å². The lowest BCUT2D eigenvalue weighted by Crippen LogP contribution is -2.30. The zero-order chi connectivity index (χ0) is 13.9. The van der Waals surface area contributed by atoms with E-state index in [9.17, 15) is 9.90 Å². The fourth-order valence-corrected chi connectivity index (χ4v) is 3.26.